The summed E-state index contributed by atoms with van der Waals surface area (Å²) in [5.74, 6) is -0.207. The molecule has 0 radical (unpaired) electrons. The standard InChI is InChI=1S/C42H76O4/c1-3-5-7-9-11-13-15-17-19-21-22-24-26-28-30-32-34-36-38-45-40-41(39-43)46-42(44)37-35-33-31-29-27-25-23-20-18-16-14-12-10-8-6-4-2/h5,7,11,13,17,19,22,24,41,43H,3-4,6,8-10,12,14-16,18,20-21,23,25-40H2,1-2H3/b7-5-,13-11-,19-17-,24-22-. The van der Waals surface area contributed by atoms with E-state index < -0.39 is 6.10 Å². The lowest BCUT2D eigenvalue weighted by Gasteiger charge is -2.15. The lowest BCUT2D eigenvalue weighted by Crippen LogP contribution is -2.27. The molecule has 0 amide bonds. The molecule has 0 aliphatic carbocycles. The number of rotatable bonds is 36. The van der Waals surface area contributed by atoms with Gasteiger partial charge in [0.05, 0.1) is 13.2 Å². The van der Waals surface area contributed by atoms with Crippen LogP contribution in [0.3, 0.4) is 0 Å². The summed E-state index contributed by atoms with van der Waals surface area (Å²) in [5, 5.41) is 9.58. The van der Waals surface area contributed by atoms with Crippen molar-refractivity contribution in [3.63, 3.8) is 0 Å². The van der Waals surface area contributed by atoms with Crippen molar-refractivity contribution in [2.24, 2.45) is 0 Å². The summed E-state index contributed by atoms with van der Waals surface area (Å²) in [7, 11) is 0. The van der Waals surface area contributed by atoms with Gasteiger partial charge in [0.15, 0.2) is 0 Å². The van der Waals surface area contributed by atoms with Gasteiger partial charge < -0.3 is 14.6 Å². The highest BCUT2D eigenvalue weighted by molar-refractivity contribution is 5.69. The molecule has 1 unspecified atom stereocenters. The number of unbranched alkanes of at least 4 members (excludes halogenated alkanes) is 20. The first-order valence-electron chi connectivity index (χ1n) is 19.7. The molecule has 0 aromatic rings. The molecule has 4 heteroatoms. The first kappa shape index (κ1) is 44.4. The van der Waals surface area contributed by atoms with Crippen LogP contribution in [0, 0.1) is 0 Å². The van der Waals surface area contributed by atoms with E-state index >= 15 is 0 Å². The number of hydrogen-bond acceptors (Lipinski definition) is 4. The smallest absolute Gasteiger partial charge is 0.306 e. The van der Waals surface area contributed by atoms with Crippen LogP contribution in [-0.4, -0.2) is 37.0 Å². The maximum atomic E-state index is 12.2. The molecule has 0 bridgehead atoms. The molecule has 0 saturated carbocycles. The van der Waals surface area contributed by atoms with E-state index in [1.54, 1.807) is 0 Å². The molecule has 46 heavy (non-hydrogen) atoms. The van der Waals surface area contributed by atoms with Crippen molar-refractivity contribution in [2.75, 3.05) is 19.8 Å². The van der Waals surface area contributed by atoms with Crippen molar-refractivity contribution in [1.29, 1.82) is 0 Å². The third-order valence-corrected chi connectivity index (χ3v) is 8.42. The SMILES string of the molecule is CC/C=C\C/C=C\C/C=C\C/C=C\CCCCCCCOCC(CO)OC(=O)CCCCCCCCCCCCCCCCCC. The quantitative estimate of drug-likeness (QED) is 0.0419. The van der Waals surface area contributed by atoms with Gasteiger partial charge in [-0.2, -0.15) is 0 Å². The van der Waals surface area contributed by atoms with Crippen LogP contribution in [0.4, 0.5) is 0 Å². The molecule has 4 nitrogen and oxygen atoms in total. The monoisotopic (exact) mass is 645 g/mol. The highest BCUT2D eigenvalue weighted by atomic mass is 16.6. The number of carbonyl (C=O) groups is 1. The molecule has 0 rings (SSSR count). The number of aliphatic hydroxyl groups excluding tert-OH is 1. The van der Waals surface area contributed by atoms with E-state index in [2.05, 4.69) is 62.5 Å². The minimum Gasteiger partial charge on any atom is -0.457 e. The van der Waals surface area contributed by atoms with Gasteiger partial charge in [-0.1, -0.05) is 178 Å². The Bertz CT molecular complexity index is 723. The molecule has 1 atom stereocenters. The Hall–Kier alpha value is -1.65. The van der Waals surface area contributed by atoms with Crippen LogP contribution in [0.5, 0.6) is 0 Å². The summed E-state index contributed by atoms with van der Waals surface area (Å²) in [6.07, 6.45) is 50.1. The van der Waals surface area contributed by atoms with Gasteiger partial charge in [-0.05, 0) is 51.4 Å². The van der Waals surface area contributed by atoms with E-state index in [1.165, 1.54) is 109 Å². The topological polar surface area (TPSA) is 55.8 Å². The van der Waals surface area contributed by atoms with Crippen LogP contribution in [0.1, 0.15) is 187 Å². The fourth-order valence-electron chi connectivity index (χ4n) is 5.50. The van der Waals surface area contributed by atoms with Crippen molar-refractivity contribution < 1.29 is 19.4 Å². The zero-order chi connectivity index (χ0) is 33.4. The summed E-state index contributed by atoms with van der Waals surface area (Å²) in [5.41, 5.74) is 0. The Morgan fingerprint density at radius 3 is 1.48 bits per heavy atom. The number of hydrogen-bond donors (Lipinski definition) is 1. The van der Waals surface area contributed by atoms with Crippen LogP contribution >= 0.6 is 0 Å². The lowest BCUT2D eigenvalue weighted by molar-refractivity contribution is -0.154. The summed E-state index contributed by atoms with van der Waals surface area (Å²) in [6, 6.07) is 0. The van der Waals surface area contributed by atoms with Crippen molar-refractivity contribution >= 4 is 5.97 Å². The molecule has 0 saturated heterocycles. The molecule has 0 aliphatic heterocycles. The zero-order valence-electron chi connectivity index (χ0n) is 30.6. The van der Waals surface area contributed by atoms with Gasteiger partial charge in [0.25, 0.3) is 0 Å². The van der Waals surface area contributed by atoms with Crippen molar-refractivity contribution in [3.05, 3.63) is 48.6 Å². The molecular formula is C42H76O4. The van der Waals surface area contributed by atoms with Gasteiger partial charge in [0, 0.05) is 13.0 Å². The van der Waals surface area contributed by atoms with Gasteiger partial charge in [-0.15, -0.1) is 0 Å². The maximum absolute atomic E-state index is 12.2. The van der Waals surface area contributed by atoms with Gasteiger partial charge >= 0.3 is 5.97 Å². The number of carbonyl (C=O) groups excluding carboxylic acids is 1. The number of aliphatic hydroxyl groups is 1. The van der Waals surface area contributed by atoms with Crippen LogP contribution in [0.15, 0.2) is 48.6 Å². The Morgan fingerprint density at radius 1 is 0.543 bits per heavy atom. The van der Waals surface area contributed by atoms with Gasteiger partial charge in [-0.3, -0.25) is 4.79 Å². The second-order valence-corrected chi connectivity index (χ2v) is 13.0. The van der Waals surface area contributed by atoms with Crippen LogP contribution in [0.25, 0.3) is 0 Å². The van der Waals surface area contributed by atoms with Crippen molar-refractivity contribution in [3.8, 4) is 0 Å². The highest BCUT2D eigenvalue weighted by Crippen LogP contribution is 2.14. The molecule has 268 valence electrons. The normalized spacial score (nSPS) is 12.8. The summed E-state index contributed by atoms with van der Waals surface area (Å²) in [4.78, 5) is 12.2. The average Bonchev–Trinajstić information content (AvgIpc) is 3.06. The predicted octanol–water partition coefficient (Wildman–Crippen LogP) is 12.7. The Labute approximate surface area is 286 Å². The first-order chi connectivity index (χ1) is 22.7. The summed E-state index contributed by atoms with van der Waals surface area (Å²) >= 11 is 0. The Balaban J connectivity index is 3.47. The van der Waals surface area contributed by atoms with E-state index in [1.807, 2.05) is 0 Å². The fourth-order valence-corrected chi connectivity index (χ4v) is 5.50. The van der Waals surface area contributed by atoms with E-state index in [4.69, 9.17) is 9.47 Å². The van der Waals surface area contributed by atoms with Crippen LogP contribution in [0.2, 0.25) is 0 Å². The Kier molecular flexibility index (Phi) is 38.1. The minimum absolute atomic E-state index is 0.179. The zero-order valence-corrected chi connectivity index (χ0v) is 30.6. The molecule has 0 aromatic carbocycles. The van der Waals surface area contributed by atoms with Crippen LogP contribution in [-0.2, 0) is 14.3 Å². The fraction of sp³-hybridized carbons (Fsp3) is 0.786. The van der Waals surface area contributed by atoms with E-state index in [0.29, 0.717) is 13.0 Å². The molecule has 0 heterocycles. The lowest BCUT2D eigenvalue weighted by atomic mass is 10.0. The third kappa shape index (κ3) is 36.8. The third-order valence-electron chi connectivity index (χ3n) is 8.42. The molecule has 1 N–H and O–H groups in total. The predicted molar refractivity (Wildman–Crippen MR) is 200 cm³/mol. The highest BCUT2D eigenvalue weighted by Gasteiger charge is 2.13. The largest absolute Gasteiger partial charge is 0.457 e. The summed E-state index contributed by atoms with van der Waals surface area (Å²) < 4.78 is 11.1. The number of allylic oxidation sites excluding steroid dienone is 8. The van der Waals surface area contributed by atoms with Crippen molar-refractivity contribution in [1.82, 2.24) is 0 Å². The number of esters is 1. The molecule has 0 spiro atoms. The van der Waals surface area contributed by atoms with E-state index in [9.17, 15) is 9.90 Å². The molecule has 0 aliphatic rings. The average molecular weight is 645 g/mol. The maximum Gasteiger partial charge on any atom is 0.306 e. The van der Waals surface area contributed by atoms with Crippen molar-refractivity contribution in [2.45, 2.75) is 193 Å². The van der Waals surface area contributed by atoms with Gasteiger partial charge in [-0.25, -0.2) is 0 Å². The minimum atomic E-state index is -0.542. The van der Waals surface area contributed by atoms with E-state index in [0.717, 1.165) is 57.8 Å². The summed E-state index contributed by atoms with van der Waals surface area (Å²) in [6.45, 7) is 5.20. The second kappa shape index (κ2) is 39.5. The second-order valence-electron chi connectivity index (χ2n) is 13.0. The molecular weight excluding hydrogens is 568 g/mol. The first-order valence-corrected chi connectivity index (χ1v) is 19.7. The molecule has 0 fully saturated rings. The van der Waals surface area contributed by atoms with Gasteiger partial charge in [0.2, 0.25) is 0 Å². The van der Waals surface area contributed by atoms with Gasteiger partial charge in [0.1, 0.15) is 6.10 Å². The van der Waals surface area contributed by atoms with Crippen LogP contribution < -0.4 is 0 Å². The molecule has 0 aromatic heterocycles. The number of ether oxygens (including phenoxy) is 2. The Morgan fingerprint density at radius 2 is 0.978 bits per heavy atom. The van der Waals surface area contributed by atoms with E-state index in [-0.39, 0.29) is 19.2 Å².